The van der Waals surface area contributed by atoms with Crippen molar-refractivity contribution < 1.29 is 4.79 Å². The van der Waals surface area contributed by atoms with Gasteiger partial charge in [-0.25, -0.2) is 4.79 Å². The van der Waals surface area contributed by atoms with Gasteiger partial charge in [0.2, 0.25) is 0 Å². The van der Waals surface area contributed by atoms with E-state index in [0.717, 1.165) is 35.2 Å². The second-order valence-corrected chi connectivity index (χ2v) is 8.07. The topological polar surface area (TPSA) is 79.8 Å². The summed E-state index contributed by atoms with van der Waals surface area (Å²) in [6.07, 6.45) is 8.95. The maximum atomic E-state index is 11.6. The molecule has 0 aliphatic carbocycles. The van der Waals surface area contributed by atoms with Gasteiger partial charge in [-0.3, -0.25) is 14.5 Å². The molecule has 1 aromatic carbocycles. The van der Waals surface area contributed by atoms with Crippen molar-refractivity contribution in [3.8, 4) is 5.69 Å². The highest BCUT2D eigenvalue weighted by atomic mass is 35.5. The van der Waals surface area contributed by atoms with Gasteiger partial charge in [0.25, 0.3) is 0 Å². The summed E-state index contributed by atoms with van der Waals surface area (Å²) in [5.41, 5.74) is 8.73. The lowest BCUT2D eigenvalue weighted by Crippen LogP contribution is -2.41. The summed E-state index contributed by atoms with van der Waals surface area (Å²) < 4.78 is 2.20. The maximum Gasteiger partial charge on any atom is 0.314 e. The summed E-state index contributed by atoms with van der Waals surface area (Å²) in [4.78, 5) is 23.6. The van der Waals surface area contributed by atoms with Gasteiger partial charge in [0.1, 0.15) is 5.82 Å². The first-order valence-electron chi connectivity index (χ1n) is 10.1. The number of nitrogens with zero attached hydrogens (tertiary/aromatic N) is 5. The predicted molar refractivity (Wildman–Crippen MR) is 126 cm³/mol. The van der Waals surface area contributed by atoms with Crippen molar-refractivity contribution in [3.05, 3.63) is 65.7 Å². The summed E-state index contributed by atoms with van der Waals surface area (Å²) >= 11 is 6.15. The zero-order valence-electron chi connectivity index (χ0n) is 17.4. The zero-order chi connectivity index (χ0) is 22.0. The molecule has 3 aromatic rings. The van der Waals surface area contributed by atoms with E-state index in [1.165, 1.54) is 5.56 Å². The molecular weight excluding hydrogens is 412 g/mol. The number of urea groups is 1. The Bertz CT molecular complexity index is 1130. The van der Waals surface area contributed by atoms with E-state index in [-0.39, 0.29) is 11.9 Å². The van der Waals surface area contributed by atoms with Crippen LogP contribution in [-0.2, 0) is 0 Å². The molecule has 4 rings (SSSR count). The molecule has 0 unspecified atom stereocenters. The number of primary amides is 1. The van der Waals surface area contributed by atoms with E-state index in [1.807, 2.05) is 49.9 Å². The van der Waals surface area contributed by atoms with Crippen LogP contribution in [0.1, 0.15) is 24.3 Å². The number of aromatic nitrogens is 2. The quantitative estimate of drug-likeness (QED) is 0.596. The third-order valence-corrected chi connectivity index (χ3v) is 6.07. The number of fused-ring (bicyclic) bond motifs is 1. The normalized spacial score (nSPS) is 15.0. The molecule has 31 heavy (non-hydrogen) atoms. The molecule has 2 amide bonds. The van der Waals surface area contributed by atoms with Crippen LogP contribution in [-0.4, -0.2) is 47.3 Å². The van der Waals surface area contributed by atoms with Crippen molar-refractivity contribution >= 4 is 41.1 Å². The van der Waals surface area contributed by atoms with E-state index >= 15 is 0 Å². The molecule has 0 saturated carbocycles. The van der Waals surface area contributed by atoms with Crippen LogP contribution in [0.15, 0.2) is 60.1 Å². The maximum absolute atomic E-state index is 11.6. The number of aliphatic imine (C=N–C) groups is 1. The van der Waals surface area contributed by atoms with Gasteiger partial charge in [-0.2, -0.15) is 0 Å². The Hall–Kier alpha value is -3.32. The van der Waals surface area contributed by atoms with Crippen LogP contribution in [0.2, 0.25) is 5.02 Å². The third kappa shape index (κ3) is 4.01. The van der Waals surface area contributed by atoms with Gasteiger partial charge in [0, 0.05) is 60.4 Å². The smallest absolute Gasteiger partial charge is 0.314 e. The first-order chi connectivity index (χ1) is 15.0. The number of anilines is 1. The Morgan fingerprint density at radius 2 is 2.00 bits per heavy atom. The van der Waals surface area contributed by atoms with Crippen LogP contribution in [0, 0.1) is 0 Å². The van der Waals surface area contributed by atoms with Crippen LogP contribution in [0.4, 0.5) is 10.6 Å². The molecule has 0 spiro atoms. The van der Waals surface area contributed by atoms with Crippen LogP contribution in [0.5, 0.6) is 0 Å². The average molecular weight is 437 g/mol. The van der Waals surface area contributed by atoms with Crippen LogP contribution >= 0.6 is 11.6 Å². The molecule has 7 nitrogen and oxygen atoms in total. The van der Waals surface area contributed by atoms with Gasteiger partial charge < -0.3 is 15.5 Å². The van der Waals surface area contributed by atoms with Gasteiger partial charge in [-0.05, 0) is 55.8 Å². The van der Waals surface area contributed by atoms with E-state index in [9.17, 15) is 4.79 Å². The predicted octanol–water partition coefficient (Wildman–Crippen LogP) is 4.55. The first kappa shape index (κ1) is 20.9. The van der Waals surface area contributed by atoms with Crippen LogP contribution < -0.4 is 10.6 Å². The molecule has 2 N–H and O–H groups in total. The Morgan fingerprint density at radius 1 is 1.29 bits per heavy atom. The standard InChI is InChI=1S/C23H25ClN6O/c1-26-11-14-28(2)22-21(16-8-12-29(13-9-16)23(25)31)19-7-10-27-15-20(19)30(22)18-5-3-17(24)4-6-18/h3-7,10-11,14-16H,1,8-9,12-13H2,2H3,(H2,25,31)/b14-11-. The van der Waals surface area contributed by atoms with Crippen molar-refractivity contribution in [2.75, 3.05) is 25.0 Å². The molecule has 1 fully saturated rings. The fourth-order valence-electron chi connectivity index (χ4n) is 4.36. The van der Waals surface area contributed by atoms with Crippen LogP contribution in [0.3, 0.4) is 0 Å². The lowest BCUT2D eigenvalue weighted by molar-refractivity contribution is 0.191. The lowest BCUT2D eigenvalue weighted by Gasteiger charge is -2.32. The summed E-state index contributed by atoms with van der Waals surface area (Å²) in [6, 6.07) is 9.47. The molecule has 2 aromatic heterocycles. The molecule has 1 aliphatic rings. The molecule has 8 heteroatoms. The van der Waals surface area contributed by atoms with Crippen molar-refractivity contribution in [2.24, 2.45) is 10.7 Å². The number of hydrogen-bond donors (Lipinski definition) is 1. The lowest BCUT2D eigenvalue weighted by atomic mass is 9.88. The molecule has 160 valence electrons. The Morgan fingerprint density at radius 3 is 2.65 bits per heavy atom. The molecule has 0 radical (unpaired) electrons. The van der Waals surface area contributed by atoms with E-state index < -0.39 is 0 Å². The number of piperidine rings is 1. The SMILES string of the molecule is C=N/C=C\N(C)c1c(C2CCN(C(N)=O)CC2)c2ccncc2n1-c1ccc(Cl)cc1. The number of amides is 2. The number of hydrogen-bond acceptors (Lipinski definition) is 4. The fourth-order valence-corrected chi connectivity index (χ4v) is 4.48. The molecule has 3 heterocycles. The number of nitrogens with two attached hydrogens (primary N) is 1. The number of benzene rings is 1. The number of pyridine rings is 1. The van der Waals surface area contributed by atoms with Crippen molar-refractivity contribution in [2.45, 2.75) is 18.8 Å². The third-order valence-electron chi connectivity index (χ3n) is 5.81. The molecule has 0 atom stereocenters. The minimum Gasteiger partial charge on any atom is -0.351 e. The summed E-state index contributed by atoms with van der Waals surface area (Å²) in [7, 11) is 2.00. The number of likely N-dealkylation sites (tertiary alicyclic amines) is 1. The minimum atomic E-state index is -0.358. The van der Waals surface area contributed by atoms with Crippen molar-refractivity contribution in [1.82, 2.24) is 14.5 Å². The van der Waals surface area contributed by atoms with E-state index in [0.29, 0.717) is 18.1 Å². The summed E-state index contributed by atoms with van der Waals surface area (Å²) in [5, 5.41) is 1.83. The van der Waals surface area contributed by atoms with Crippen molar-refractivity contribution in [3.63, 3.8) is 0 Å². The van der Waals surface area contributed by atoms with Gasteiger partial charge >= 0.3 is 6.03 Å². The first-order valence-corrected chi connectivity index (χ1v) is 10.5. The molecule has 1 aliphatic heterocycles. The highest BCUT2D eigenvalue weighted by molar-refractivity contribution is 6.30. The van der Waals surface area contributed by atoms with Crippen molar-refractivity contribution in [1.29, 1.82) is 0 Å². The number of carbonyl (C=O) groups is 1. The highest BCUT2D eigenvalue weighted by Gasteiger charge is 2.30. The van der Waals surface area contributed by atoms with E-state index in [1.54, 1.807) is 11.1 Å². The Balaban J connectivity index is 1.92. The minimum absolute atomic E-state index is 0.275. The second kappa shape index (κ2) is 8.81. The number of halogens is 1. The van der Waals surface area contributed by atoms with Gasteiger partial charge in [0.15, 0.2) is 0 Å². The summed E-state index contributed by atoms with van der Waals surface area (Å²) in [6.45, 7) is 4.84. The molecule has 1 saturated heterocycles. The second-order valence-electron chi connectivity index (χ2n) is 7.63. The summed E-state index contributed by atoms with van der Waals surface area (Å²) in [5.74, 6) is 1.30. The fraction of sp³-hybridized carbons (Fsp3) is 0.261. The highest BCUT2D eigenvalue weighted by Crippen LogP contribution is 2.43. The molecule has 0 bridgehead atoms. The van der Waals surface area contributed by atoms with Crippen LogP contribution in [0.25, 0.3) is 16.6 Å². The largest absolute Gasteiger partial charge is 0.351 e. The average Bonchev–Trinajstić information content (AvgIpc) is 3.13. The molecular formula is C23H25ClN6O. The van der Waals surface area contributed by atoms with E-state index in [2.05, 4.69) is 32.2 Å². The number of carbonyl (C=O) groups excluding carboxylic acids is 1. The van der Waals surface area contributed by atoms with Gasteiger partial charge in [-0.15, -0.1) is 0 Å². The zero-order valence-corrected chi connectivity index (χ0v) is 18.2. The Kier molecular flexibility index (Phi) is 5.95. The van der Waals surface area contributed by atoms with E-state index in [4.69, 9.17) is 17.3 Å². The number of rotatable bonds is 5. The Labute approximate surface area is 186 Å². The van der Waals surface area contributed by atoms with Gasteiger partial charge in [-0.1, -0.05) is 11.6 Å². The van der Waals surface area contributed by atoms with Gasteiger partial charge in [0.05, 0.1) is 11.7 Å². The monoisotopic (exact) mass is 436 g/mol.